The molecule has 1 aliphatic heterocycles. The zero-order valence-electron chi connectivity index (χ0n) is 8.96. The predicted molar refractivity (Wildman–Crippen MR) is 64.2 cm³/mol. The molecule has 82 valence electrons. The third-order valence-corrected chi connectivity index (χ3v) is 4.30. The molecule has 15 heavy (non-hydrogen) atoms. The fraction of sp³-hybridized carbons (Fsp3) is 0.727. The van der Waals surface area contributed by atoms with Crippen molar-refractivity contribution in [2.24, 2.45) is 5.92 Å². The average Bonchev–Trinajstić information content (AvgIpc) is 3.04. The van der Waals surface area contributed by atoms with Crippen molar-refractivity contribution in [2.45, 2.75) is 38.6 Å². The van der Waals surface area contributed by atoms with E-state index in [-0.39, 0.29) is 0 Å². The Kier molecular flexibility index (Phi) is 2.27. The summed E-state index contributed by atoms with van der Waals surface area (Å²) < 4.78 is 3.40. The number of aromatic nitrogens is 2. The number of anilines is 1. The maximum atomic E-state index is 4.72. The first-order valence-corrected chi connectivity index (χ1v) is 6.61. The average molecular weight is 270 g/mol. The zero-order valence-corrected chi connectivity index (χ0v) is 10.5. The number of halogens is 1. The van der Waals surface area contributed by atoms with E-state index in [4.69, 9.17) is 5.10 Å². The lowest BCUT2D eigenvalue weighted by Crippen LogP contribution is -2.24. The van der Waals surface area contributed by atoms with E-state index in [9.17, 15) is 0 Å². The van der Waals surface area contributed by atoms with Crippen LogP contribution in [0, 0.1) is 5.92 Å². The molecule has 1 saturated carbocycles. The van der Waals surface area contributed by atoms with Gasteiger partial charge in [0.05, 0.1) is 16.2 Å². The molecule has 0 radical (unpaired) electrons. The lowest BCUT2D eigenvalue weighted by atomic mass is 10.1. The molecule has 3 rings (SSSR count). The summed E-state index contributed by atoms with van der Waals surface area (Å²) in [6.45, 7) is 3.25. The van der Waals surface area contributed by atoms with E-state index >= 15 is 0 Å². The fourth-order valence-corrected chi connectivity index (χ4v) is 3.14. The molecule has 2 heterocycles. The van der Waals surface area contributed by atoms with Crippen LogP contribution in [0.2, 0.25) is 0 Å². The maximum absolute atomic E-state index is 4.72. The molecule has 1 aromatic rings. The van der Waals surface area contributed by atoms with Gasteiger partial charge >= 0.3 is 0 Å². The first-order valence-electron chi connectivity index (χ1n) is 5.82. The predicted octanol–water partition coefficient (Wildman–Crippen LogP) is 2.97. The number of aryl methyl sites for hydroxylation is 1. The van der Waals surface area contributed by atoms with Gasteiger partial charge in [-0.1, -0.05) is 6.92 Å². The normalized spacial score (nSPS) is 24.8. The van der Waals surface area contributed by atoms with Crippen LogP contribution in [0.15, 0.2) is 4.47 Å². The Morgan fingerprint density at radius 2 is 2.27 bits per heavy atom. The molecule has 1 fully saturated rings. The topological polar surface area (TPSA) is 29.9 Å². The molecule has 1 atom stereocenters. The molecule has 1 aromatic heterocycles. The summed E-state index contributed by atoms with van der Waals surface area (Å²) in [5, 5.41) is 8.17. The van der Waals surface area contributed by atoms with Crippen molar-refractivity contribution in [3.8, 4) is 0 Å². The molecule has 1 unspecified atom stereocenters. The monoisotopic (exact) mass is 269 g/mol. The van der Waals surface area contributed by atoms with Crippen LogP contribution in [-0.2, 0) is 6.42 Å². The van der Waals surface area contributed by atoms with Crippen molar-refractivity contribution >= 4 is 21.7 Å². The molecule has 0 amide bonds. The van der Waals surface area contributed by atoms with Gasteiger partial charge in [-0.3, -0.25) is 0 Å². The summed E-state index contributed by atoms with van der Waals surface area (Å²) in [6, 6.07) is 0.651. The van der Waals surface area contributed by atoms with Crippen LogP contribution in [0.25, 0.3) is 0 Å². The van der Waals surface area contributed by atoms with Gasteiger partial charge in [0, 0.05) is 6.54 Å². The third kappa shape index (κ3) is 1.50. The molecule has 0 spiro atoms. The second-order valence-electron chi connectivity index (χ2n) is 4.53. The van der Waals surface area contributed by atoms with Gasteiger partial charge in [0.1, 0.15) is 5.82 Å². The summed E-state index contributed by atoms with van der Waals surface area (Å²) in [5.74, 6) is 2.09. The van der Waals surface area contributed by atoms with Crippen molar-refractivity contribution < 1.29 is 0 Å². The van der Waals surface area contributed by atoms with Gasteiger partial charge < -0.3 is 5.32 Å². The van der Waals surface area contributed by atoms with E-state index < -0.39 is 0 Å². The molecule has 0 bridgehead atoms. The number of rotatable bonds is 2. The Morgan fingerprint density at radius 3 is 2.93 bits per heavy atom. The Bertz CT molecular complexity index is 381. The third-order valence-electron chi connectivity index (χ3n) is 3.47. The van der Waals surface area contributed by atoms with E-state index in [1.54, 1.807) is 0 Å². The summed E-state index contributed by atoms with van der Waals surface area (Å²) in [5.41, 5.74) is 1.19. The number of hydrogen-bond donors (Lipinski definition) is 1. The quantitative estimate of drug-likeness (QED) is 0.895. The molecule has 3 nitrogen and oxygen atoms in total. The molecule has 0 saturated heterocycles. The fourth-order valence-electron chi connectivity index (χ4n) is 2.46. The standard InChI is InChI=1S/C11H16BrN3/c1-2-8-10(12)11-13-6-5-9(7-3-4-7)15(11)14-8/h7,9,13H,2-6H2,1H3. The SMILES string of the molecule is CCc1nn2c(c1Br)NCCC2C1CC1. The minimum absolute atomic E-state index is 0.651. The van der Waals surface area contributed by atoms with E-state index in [1.165, 1.54) is 35.2 Å². The van der Waals surface area contributed by atoms with Gasteiger partial charge in [0.25, 0.3) is 0 Å². The molecule has 2 aliphatic rings. The second-order valence-corrected chi connectivity index (χ2v) is 5.32. The van der Waals surface area contributed by atoms with E-state index in [1.807, 2.05) is 0 Å². The molecule has 1 N–H and O–H groups in total. The van der Waals surface area contributed by atoms with Crippen molar-refractivity contribution in [3.63, 3.8) is 0 Å². The van der Waals surface area contributed by atoms with Gasteiger partial charge in [-0.2, -0.15) is 5.10 Å². The van der Waals surface area contributed by atoms with Crippen LogP contribution in [0.5, 0.6) is 0 Å². The van der Waals surface area contributed by atoms with E-state index in [0.717, 1.165) is 18.9 Å². The lowest BCUT2D eigenvalue weighted by molar-refractivity contribution is 0.373. The van der Waals surface area contributed by atoms with Crippen molar-refractivity contribution in [3.05, 3.63) is 10.2 Å². The highest BCUT2D eigenvalue weighted by atomic mass is 79.9. The summed E-state index contributed by atoms with van der Waals surface area (Å²) in [4.78, 5) is 0. The molecular formula is C11H16BrN3. The first kappa shape index (κ1) is 9.70. The smallest absolute Gasteiger partial charge is 0.139 e. The van der Waals surface area contributed by atoms with E-state index in [2.05, 4.69) is 32.9 Å². The number of fused-ring (bicyclic) bond motifs is 1. The first-order chi connectivity index (χ1) is 7.31. The molecule has 1 aliphatic carbocycles. The Hall–Kier alpha value is -0.510. The minimum atomic E-state index is 0.651. The second kappa shape index (κ2) is 3.51. The lowest BCUT2D eigenvalue weighted by Gasteiger charge is -2.25. The highest BCUT2D eigenvalue weighted by Gasteiger charge is 2.36. The van der Waals surface area contributed by atoms with Gasteiger partial charge in [0.2, 0.25) is 0 Å². The largest absolute Gasteiger partial charge is 0.369 e. The summed E-state index contributed by atoms with van der Waals surface area (Å²) >= 11 is 3.65. The summed E-state index contributed by atoms with van der Waals surface area (Å²) in [7, 11) is 0. The zero-order chi connectivity index (χ0) is 10.4. The Balaban J connectivity index is 2.02. The highest BCUT2D eigenvalue weighted by molar-refractivity contribution is 9.10. The van der Waals surface area contributed by atoms with Crippen LogP contribution in [0.1, 0.15) is 37.9 Å². The number of hydrogen-bond acceptors (Lipinski definition) is 2. The van der Waals surface area contributed by atoms with Crippen LogP contribution < -0.4 is 5.32 Å². The van der Waals surface area contributed by atoms with Crippen LogP contribution in [0.4, 0.5) is 5.82 Å². The molecule has 4 heteroatoms. The number of nitrogens with one attached hydrogen (secondary N) is 1. The number of nitrogens with zero attached hydrogens (tertiary/aromatic N) is 2. The van der Waals surface area contributed by atoms with E-state index in [0.29, 0.717) is 6.04 Å². The highest BCUT2D eigenvalue weighted by Crippen LogP contribution is 2.45. The van der Waals surface area contributed by atoms with Gasteiger partial charge in [-0.25, -0.2) is 4.68 Å². The summed E-state index contributed by atoms with van der Waals surface area (Å²) in [6.07, 6.45) is 5.01. The van der Waals surface area contributed by atoms with Crippen molar-refractivity contribution in [1.29, 1.82) is 0 Å². The molecule has 0 aromatic carbocycles. The van der Waals surface area contributed by atoms with Crippen molar-refractivity contribution in [2.75, 3.05) is 11.9 Å². The van der Waals surface area contributed by atoms with Gasteiger partial charge in [-0.15, -0.1) is 0 Å². The Morgan fingerprint density at radius 1 is 1.47 bits per heavy atom. The van der Waals surface area contributed by atoms with Crippen LogP contribution in [-0.4, -0.2) is 16.3 Å². The van der Waals surface area contributed by atoms with Crippen molar-refractivity contribution in [1.82, 2.24) is 9.78 Å². The van der Waals surface area contributed by atoms with Crippen LogP contribution >= 0.6 is 15.9 Å². The van der Waals surface area contributed by atoms with Crippen LogP contribution in [0.3, 0.4) is 0 Å². The van der Waals surface area contributed by atoms with Gasteiger partial charge in [0.15, 0.2) is 0 Å². The van der Waals surface area contributed by atoms with Gasteiger partial charge in [-0.05, 0) is 47.5 Å². The maximum Gasteiger partial charge on any atom is 0.139 e. The molecular weight excluding hydrogens is 254 g/mol. The Labute approximate surface area is 98.4 Å². The minimum Gasteiger partial charge on any atom is -0.369 e.